The number of rotatable bonds is 4. The minimum absolute atomic E-state index is 0.367. The van der Waals surface area contributed by atoms with Crippen LogP contribution >= 0.6 is 0 Å². The zero-order chi connectivity index (χ0) is 16.8. The Kier molecular flexibility index (Phi) is 3.83. The van der Waals surface area contributed by atoms with E-state index in [2.05, 4.69) is 10.3 Å². The van der Waals surface area contributed by atoms with Crippen molar-refractivity contribution in [2.45, 2.75) is 20.8 Å². The van der Waals surface area contributed by atoms with Gasteiger partial charge in [-0.05, 0) is 38.0 Å². The Morgan fingerprint density at radius 2 is 2.00 bits per heavy atom. The molecule has 3 rings (SSSR count). The lowest BCUT2D eigenvalue weighted by Crippen LogP contribution is -2.25. The molecule has 0 saturated carbocycles. The third-order valence-electron chi connectivity index (χ3n) is 4.31. The quantitative estimate of drug-likeness (QED) is 0.924. The van der Waals surface area contributed by atoms with Crippen LogP contribution in [-0.4, -0.2) is 44.2 Å². The topological polar surface area (TPSA) is 72.7 Å². The molecule has 1 aliphatic heterocycles. The van der Waals surface area contributed by atoms with Crippen LogP contribution < -0.4 is 10.1 Å². The lowest BCUT2D eigenvalue weighted by Gasteiger charge is -2.17. The predicted molar refractivity (Wildman–Crippen MR) is 92.2 cm³/mol. The highest BCUT2D eigenvalue weighted by Gasteiger charge is 2.20. The average molecular weight is 335 g/mol. The summed E-state index contributed by atoms with van der Waals surface area (Å²) >= 11 is 0. The van der Waals surface area contributed by atoms with E-state index < -0.39 is 10.0 Å². The van der Waals surface area contributed by atoms with Gasteiger partial charge in [0.25, 0.3) is 0 Å². The van der Waals surface area contributed by atoms with Crippen LogP contribution in [0.4, 0.5) is 0 Å². The molecule has 0 unspecified atom stereocenters. The summed E-state index contributed by atoms with van der Waals surface area (Å²) in [6.07, 6.45) is 2.81. The summed E-state index contributed by atoms with van der Waals surface area (Å²) in [5.74, 6) is 1.56. The van der Waals surface area contributed by atoms with E-state index in [-0.39, 0.29) is 0 Å². The number of amidine groups is 1. The fourth-order valence-corrected chi connectivity index (χ4v) is 3.87. The Morgan fingerprint density at radius 1 is 1.26 bits per heavy atom. The van der Waals surface area contributed by atoms with Gasteiger partial charge in [0.2, 0.25) is 10.0 Å². The Bertz CT molecular complexity index is 911. The van der Waals surface area contributed by atoms with Crippen molar-refractivity contribution in [3.05, 3.63) is 29.0 Å². The molecular weight excluding hydrogens is 314 g/mol. The molecule has 6 nitrogen and oxygen atoms in total. The number of benzene rings is 1. The molecule has 0 radical (unpaired) electrons. The highest BCUT2D eigenvalue weighted by Crippen LogP contribution is 2.36. The number of aromatic nitrogens is 1. The Morgan fingerprint density at radius 3 is 2.61 bits per heavy atom. The van der Waals surface area contributed by atoms with Crippen LogP contribution in [0.5, 0.6) is 5.75 Å². The Labute approximate surface area is 136 Å². The van der Waals surface area contributed by atoms with Gasteiger partial charge in [0.1, 0.15) is 18.2 Å². The van der Waals surface area contributed by atoms with Crippen LogP contribution in [0.3, 0.4) is 0 Å². The summed E-state index contributed by atoms with van der Waals surface area (Å²) in [7, 11) is -3.36. The van der Waals surface area contributed by atoms with E-state index in [1.54, 1.807) is 6.20 Å². The van der Waals surface area contributed by atoms with Gasteiger partial charge in [-0.15, -0.1) is 0 Å². The zero-order valence-corrected chi connectivity index (χ0v) is 14.6. The second kappa shape index (κ2) is 5.56. The first-order valence-corrected chi connectivity index (χ1v) is 9.37. The smallest absolute Gasteiger partial charge is 0.236 e. The average Bonchev–Trinajstić information content (AvgIpc) is 3.13. The molecule has 0 fully saturated rings. The molecule has 124 valence electrons. The molecule has 0 bridgehead atoms. The summed E-state index contributed by atoms with van der Waals surface area (Å²) in [6.45, 7) is 7.86. The first kappa shape index (κ1) is 15.9. The minimum atomic E-state index is -3.36. The molecule has 1 aromatic carbocycles. The summed E-state index contributed by atoms with van der Waals surface area (Å²) in [5, 5.41) is 4.11. The van der Waals surface area contributed by atoms with Crippen LogP contribution in [-0.2, 0) is 10.0 Å². The van der Waals surface area contributed by atoms with E-state index in [1.165, 1.54) is 10.2 Å². The number of aliphatic imine (C=N–C) groups is 1. The normalized spacial score (nSPS) is 14.9. The molecule has 0 saturated heterocycles. The standard InChI is InChI=1S/C16H21N3O3S/c1-10-11(2)16(22-9-14-17-6-7-18-14)12(3)15-13(10)5-8-19(15)23(4,20)21/h5,8H,6-7,9H2,1-4H3,(H,17,18). The van der Waals surface area contributed by atoms with Crippen molar-refractivity contribution < 1.29 is 13.2 Å². The van der Waals surface area contributed by atoms with E-state index >= 15 is 0 Å². The maximum Gasteiger partial charge on any atom is 0.236 e. The maximum atomic E-state index is 12.0. The van der Waals surface area contributed by atoms with Crippen molar-refractivity contribution >= 4 is 26.8 Å². The van der Waals surface area contributed by atoms with Crippen molar-refractivity contribution in [3.8, 4) is 5.75 Å². The predicted octanol–water partition coefficient (Wildman–Crippen LogP) is 1.75. The van der Waals surface area contributed by atoms with Crippen LogP contribution in [0.2, 0.25) is 0 Å². The maximum absolute atomic E-state index is 12.0. The van der Waals surface area contributed by atoms with E-state index in [1.807, 2.05) is 26.8 Å². The highest BCUT2D eigenvalue weighted by molar-refractivity contribution is 7.89. The molecular formula is C16H21N3O3S. The van der Waals surface area contributed by atoms with Gasteiger partial charge in [0.15, 0.2) is 0 Å². The van der Waals surface area contributed by atoms with Crippen molar-refractivity contribution in [1.82, 2.24) is 9.29 Å². The van der Waals surface area contributed by atoms with Crippen molar-refractivity contribution in [3.63, 3.8) is 0 Å². The second-order valence-corrected chi connectivity index (χ2v) is 7.74. The zero-order valence-electron chi connectivity index (χ0n) is 13.8. The molecule has 1 aromatic heterocycles. The van der Waals surface area contributed by atoms with Crippen molar-refractivity contribution in [2.75, 3.05) is 26.0 Å². The third-order valence-corrected chi connectivity index (χ3v) is 5.33. The fourth-order valence-electron chi connectivity index (χ4n) is 3.02. The molecule has 0 aliphatic carbocycles. The molecule has 7 heteroatoms. The van der Waals surface area contributed by atoms with Crippen LogP contribution in [0, 0.1) is 20.8 Å². The molecule has 1 aliphatic rings. The van der Waals surface area contributed by atoms with Gasteiger partial charge in [-0.2, -0.15) is 0 Å². The molecule has 0 spiro atoms. The number of nitrogens with zero attached hydrogens (tertiary/aromatic N) is 2. The lowest BCUT2D eigenvalue weighted by atomic mass is 10.0. The number of nitrogens with one attached hydrogen (secondary N) is 1. The van der Waals surface area contributed by atoms with Gasteiger partial charge in [-0.1, -0.05) is 0 Å². The van der Waals surface area contributed by atoms with Gasteiger partial charge >= 0.3 is 0 Å². The van der Waals surface area contributed by atoms with Gasteiger partial charge in [-0.25, -0.2) is 12.4 Å². The molecule has 2 heterocycles. The van der Waals surface area contributed by atoms with E-state index in [9.17, 15) is 8.42 Å². The fraction of sp³-hybridized carbons (Fsp3) is 0.438. The largest absolute Gasteiger partial charge is 0.485 e. The van der Waals surface area contributed by atoms with Crippen molar-refractivity contribution in [2.24, 2.45) is 4.99 Å². The number of hydrogen-bond donors (Lipinski definition) is 1. The van der Waals surface area contributed by atoms with Crippen LogP contribution in [0.15, 0.2) is 17.3 Å². The molecule has 2 aromatic rings. The van der Waals surface area contributed by atoms with Crippen LogP contribution in [0.25, 0.3) is 10.9 Å². The minimum Gasteiger partial charge on any atom is -0.485 e. The highest BCUT2D eigenvalue weighted by atomic mass is 32.2. The van der Waals surface area contributed by atoms with E-state index in [4.69, 9.17) is 4.74 Å². The molecule has 23 heavy (non-hydrogen) atoms. The van der Waals surface area contributed by atoms with Gasteiger partial charge in [0, 0.05) is 23.7 Å². The van der Waals surface area contributed by atoms with Gasteiger partial charge in [0.05, 0.1) is 18.3 Å². The Balaban J connectivity index is 2.13. The monoisotopic (exact) mass is 335 g/mol. The summed E-state index contributed by atoms with van der Waals surface area (Å²) in [6, 6.07) is 1.85. The molecule has 0 amide bonds. The number of fused-ring (bicyclic) bond motifs is 1. The Hall–Kier alpha value is -2.02. The number of aryl methyl sites for hydroxylation is 2. The summed E-state index contributed by atoms with van der Waals surface area (Å²) in [5.41, 5.74) is 3.58. The summed E-state index contributed by atoms with van der Waals surface area (Å²) < 4.78 is 31.4. The SMILES string of the molecule is Cc1c(OCC2=NCCN2)c(C)c2c(ccn2S(C)(=O)=O)c1C. The molecule has 1 N–H and O–H groups in total. The number of hydrogen-bond acceptors (Lipinski definition) is 5. The second-order valence-electron chi connectivity index (χ2n) is 5.88. The first-order valence-electron chi connectivity index (χ1n) is 7.52. The lowest BCUT2D eigenvalue weighted by molar-refractivity contribution is 0.368. The number of ether oxygens (including phenoxy) is 1. The van der Waals surface area contributed by atoms with Crippen LogP contribution in [0.1, 0.15) is 16.7 Å². The van der Waals surface area contributed by atoms with Gasteiger partial charge in [-0.3, -0.25) is 4.99 Å². The third kappa shape index (κ3) is 2.69. The molecule has 0 atom stereocenters. The first-order chi connectivity index (χ1) is 10.8. The summed E-state index contributed by atoms with van der Waals surface area (Å²) in [4.78, 5) is 4.32. The van der Waals surface area contributed by atoms with E-state index in [0.29, 0.717) is 12.1 Å². The van der Waals surface area contributed by atoms with Gasteiger partial charge < -0.3 is 10.1 Å². The van der Waals surface area contributed by atoms with Crippen molar-refractivity contribution in [1.29, 1.82) is 0 Å². The van der Waals surface area contributed by atoms with E-state index in [0.717, 1.165) is 46.8 Å².